The van der Waals surface area contributed by atoms with Gasteiger partial charge in [-0.2, -0.15) is 0 Å². The van der Waals surface area contributed by atoms with Gasteiger partial charge in [-0.1, -0.05) is 34.9 Å². The van der Waals surface area contributed by atoms with Gasteiger partial charge in [0.15, 0.2) is 7.05 Å². The summed E-state index contributed by atoms with van der Waals surface area (Å²) in [6, 6.07) is 22.6. The molecule has 2 heterocycles. The fourth-order valence-corrected chi connectivity index (χ4v) is 4.23. The zero-order chi connectivity index (χ0) is 17.2. The maximum atomic E-state index is 4.70. The highest BCUT2D eigenvalue weighted by atomic mass is 15.2. The van der Waals surface area contributed by atoms with E-state index >= 15 is 0 Å². The van der Waals surface area contributed by atoms with E-state index in [9.17, 15) is 0 Å². The summed E-state index contributed by atoms with van der Waals surface area (Å²) in [4.78, 5) is 4.70. The van der Waals surface area contributed by atoms with Gasteiger partial charge in [-0.05, 0) is 30.1 Å². The Labute approximate surface area is 147 Å². The molecule has 0 N–H and O–H groups in total. The predicted octanol–water partition coefficient (Wildman–Crippen LogP) is 4.68. The SMILES string of the molecule is C[N+]1=C=[N+](c2cccc3c2C(C)(C)c2ncccc2-3)c2ccccc21. The van der Waals surface area contributed by atoms with Crippen LogP contribution < -0.4 is 4.58 Å². The van der Waals surface area contributed by atoms with E-state index in [2.05, 4.69) is 77.5 Å². The van der Waals surface area contributed by atoms with Crippen molar-refractivity contribution in [3.63, 3.8) is 0 Å². The topological polar surface area (TPSA) is 18.9 Å². The molecule has 0 radical (unpaired) electrons. The molecule has 0 atom stereocenters. The first-order chi connectivity index (χ1) is 12.1. The molecule has 5 rings (SSSR count). The zero-order valence-electron chi connectivity index (χ0n) is 14.6. The molecule has 0 amide bonds. The maximum absolute atomic E-state index is 4.70. The fourth-order valence-electron chi connectivity index (χ4n) is 4.23. The third-order valence-electron chi connectivity index (χ3n) is 5.33. The number of rotatable bonds is 1. The number of nitrogens with zero attached hydrogens (tertiary/aromatic N) is 3. The molecular formula is C22H19N3+2. The monoisotopic (exact) mass is 325 g/mol. The van der Waals surface area contributed by atoms with Crippen LogP contribution in [-0.4, -0.2) is 22.6 Å². The first kappa shape index (κ1) is 14.3. The van der Waals surface area contributed by atoms with Crippen LogP contribution in [0.15, 0.2) is 60.8 Å². The van der Waals surface area contributed by atoms with Gasteiger partial charge in [0.1, 0.15) is 0 Å². The molecule has 3 heteroatoms. The highest BCUT2D eigenvalue weighted by molar-refractivity contribution is 5.86. The first-order valence-electron chi connectivity index (χ1n) is 8.57. The van der Waals surface area contributed by atoms with Crippen LogP contribution >= 0.6 is 0 Å². The predicted molar refractivity (Wildman–Crippen MR) is 101 cm³/mol. The average Bonchev–Trinajstić information content (AvgIpc) is 3.09. The van der Waals surface area contributed by atoms with Crippen molar-refractivity contribution in [2.75, 3.05) is 7.05 Å². The standard InChI is InChI=1S/C22H19N3/c1-22(2)20-15(16-9-7-13-23-21(16)22)8-6-12-19(20)25-14-24(3)17-10-4-5-11-18(17)25/h4-13H,1-3H3/q+2. The van der Waals surface area contributed by atoms with Gasteiger partial charge in [-0.15, -0.1) is 0 Å². The van der Waals surface area contributed by atoms with Gasteiger partial charge in [0.25, 0.3) is 11.4 Å². The molecule has 0 saturated heterocycles. The molecule has 2 aliphatic rings. The largest absolute Gasteiger partial charge is 0.496 e. The number of hydrogen-bond acceptors (Lipinski definition) is 1. The highest BCUT2D eigenvalue weighted by Crippen LogP contribution is 2.51. The molecule has 3 aromatic rings. The Morgan fingerprint density at radius 1 is 0.840 bits per heavy atom. The van der Waals surface area contributed by atoms with Gasteiger partial charge in [0.2, 0.25) is 5.69 Å². The van der Waals surface area contributed by atoms with Gasteiger partial charge < -0.3 is 0 Å². The maximum Gasteiger partial charge on any atom is 0.496 e. The van der Waals surface area contributed by atoms with E-state index in [1.165, 1.54) is 28.1 Å². The van der Waals surface area contributed by atoms with Crippen molar-refractivity contribution >= 4 is 23.1 Å². The number of fused-ring (bicyclic) bond motifs is 4. The fraction of sp³-hybridized carbons (Fsp3) is 0.182. The van der Waals surface area contributed by atoms with Crippen LogP contribution in [0.4, 0.5) is 17.1 Å². The Balaban J connectivity index is 1.83. The normalized spacial score (nSPS) is 16.0. The minimum absolute atomic E-state index is 0.139. The van der Waals surface area contributed by atoms with E-state index in [1.807, 2.05) is 19.3 Å². The van der Waals surface area contributed by atoms with Crippen molar-refractivity contribution < 1.29 is 4.58 Å². The van der Waals surface area contributed by atoms with Crippen molar-refractivity contribution in [2.24, 2.45) is 0 Å². The number of para-hydroxylation sites is 2. The summed E-state index contributed by atoms with van der Waals surface area (Å²) in [5.41, 5.74) is 8.37. The van der Waals surface area contributed by atoms with E-state index in [1.54, 1.807) is 0 Å². The molecule has 0 unspecified atom stereocenters. The molecule has 2 aromatic carbocycles. The van der Waals surface area contributed by atoms with Crippen molar-refractivity contribution in [3.8, 4) is 11.1 Å². The van der Waals surface area contributed by atoms with E-state index in [4.69, 9.17) is 4.98 Å². The van der Waals surface area contributed by atoms with Crippen LogP contribution in [0.1, 0.15) is 25.1 Å². The Kier molecular flexibility index (Phi) is 2.72. The van der Waals surface area contributed by atoms with Crippen LogP contribution in [-0.2, 0) is 5.41 Å². The second-order valence-electron chi connectivity index (χ2n) is 7.21. The number of pyridine rings is 1. The molecule has 25 heavy (non-hydrogen) atoms. The molecule has 0 saturated carbocycles. The third kappa shape index (κ3) is 1.79. The van der Waals surface area contributed by atoms with E-state index in [0.717, 1.165) is 11.4 Å². The molecule has 3 nitrogen and oxygen atoms in total. The van der Waals surface area contributed by atoms with Crippen LogP contribution in [0.3, 0.4) is 0 Å². The number of hydrogen-bond donors (Lipinski definition) is 0. The summed E-state index contributed by atoms with van der Waals surface area (Å²) in [6.07, 6.45) is 1.89. The van der Waals surface area contributed by atoms with Crippen molar-refractivity contribution in [2.45, 2.75) is 19.3 Å². The lowest BCUT2D eigenvalue weighted by atomic mass is 9.84. The van der Waals surface area contributed by atoms with Gasteiger partial charge in [0.05, 0.1) is 5.69 Å². The number of benzene rings is 2. The molecule has 1 aliphatic heterocycles. The van der Waals surface area contributed by atoms with Crippen molar-refractivity contribution in [1.82, 2.24) is 9.56 Å². The van der Waals surface area contributed by atoms with Gasteiger partial charge >= 0.3 is 6.01 Å². The minimum Gasteiger partial charge on any atom is -0.260 e. The smallest absolute Gasteiger partial charge is 0.260 e. The summed E-state index contributed by atoms with van der Waals surface area (Å²) in [6.45, 7) is 4.53. The molecule has 0 spiro atoms. The lowest BCUT2D eigenvalue weighted by molar-refractivity contribution is -0.394. The van der Waals surface area contributed by atoms with Crippen molar-refractivity contribution in [3.05, 3.63) is 72.1 Å². The third-order valence-corrected chi connectivity index (χ3v) is 5.33. The Hall–Kier alpha value is -3.03. The summed E-state index contributed by atoms with van der Waals surface area (Å²) in [5, 5.41) is 0. The summed E-state index contributed by atoms with van der Waals surface area (Å²) in [7, 11) is 2.05. The lowest BCUT2D eigenvalue weighted by Gasteiger charge is -2.20. The second-order valence-corrected chi connectivity index (χ2v) is 7.21. The van der Waals surface area contributed by atoms with E-state index in [0.29, 0.717) is 0 Å². The second kappa shape index (κ2) is 4.75. The summed E-state index contributed by atoms with van der Waals surface area (Å²) < 4.78 is 4.24. The highest BCUT2D eigenvalue weighted by Gasteiger charge is 2.44. The molecule has 1 aromatic heterocycles. The van der Waals surface area contributed by atoms with Crippen LogP contribution in [0.5, 0.6) is 0 Å². The minimum atomic E-state index is -0.139. The van der Waals surface area contributed by atoms with Crippen LogP contribution in [0.2, 0.25) is 0 Å². The molecule has 0 fully saturated rings. The Morgan fingerprint density at radius 2 is 1.56 bits per heavy atom. The average molecular weight is 325 g/mol. The Bertz CT molecular complexity index is 1120. The van der Waals surface area contributed by atoms with Gasteiger partial charge in [-0.3, -0.25) is 4.98 Å². The molecule has 0 bridgehead atoms. The number of aromatic nitrogens is 1. The summed E-state index contributed by atoms with van der Waals surface area (Å²) >= 11 is 0. The van der Waals surface area contributed by atoms with Crippen LogP contribution in [0, 0.1) is 0 Å². The van der Waals surface area contributed by atoms with Crippen molar-refractivity contribution in [1.29, 1.82) is 0 Å². The lowest BCUT2D eigenvalue weighted by Crippen LogP contribution is -2.19. The van der Waals surface area contributed by atoms with Gasteiger partial charge in [0, 0.05) is 40.9 Å². The van der Waals surface area contributed by atoms with E-state index < -0.39 is 0 Å². The quantitative estimate of drug-likeness (QED) is 0.594. The first-order valence-corrected chi connectivity index (χ1v) is 8.57. The molecular weight excluding hydrogens is 306 g/mol. The van der Waals surface area contributed by atoms with Crippen LogP contribution in [0.25, 0.3) is 11.1 Å². The molecule has 120 valence electrons. The zero-order valence-corrected chi connectivity index (χ0v) is 14.6. The summed E-state index contributed by atoms with van der Waals surface area (Å²) in [5.74, 6) is 0. The molecule has 1 aliphatic carbocycles. The Morgan fingerprint density at radius 3 is 2.40 bits per heavy atom. The van der Waals surface area contributed by atoms with Gasteiger partial charge in [-0.25, -0.2) is 0 Å². The van der Waals surface area contributed by atoms with E-state index in [-0.39, 0.29) is 5.41 Å².